The van der Waals surface area contributed by atoms with E-state index in [0.29, 0.717) is 0 Å². The predicted octanol–water partition coefficient (Wildman–Crippen LogP) is 4.82. The molecule has 2 aromatic heterocycles. The maximum Gasteiger partial charge on any atom is 0.267 e. The summed E-state index contributed by atoms with van der Waals surface area (Å²) in [5.41, 5.74) is 7.65. The molecule has 0 radical (unpaired) electrons. The summed E-state index contributed by atoms with van der Waals surface area (Å²) in [5.74, 6) is 0.450. The Labute approximate surface area is 192 Å². The number of hydrogen-bond donors (Lipinski definition) is 3. The van der Waals surface area contributed by atoms with Gasteiger partial charge in [0.1, 0.15) is 5.82 Å². The number of carbonyl (C=O) groups is 1. The number of benzene rings is 2. The van der Waals surface area contributed by atoms with Crippen molar-refractivity contribution >= 4 is 28.7 Å². The van der Waals surface area contributed by atoms with Gasteiger partial charge in [-0.15, -0.1) is 0 Å². The van der Waals surface area contributed by atoms with Gasteiger partial charge in [-0.1, -0.05) is 42.5 Å². The van der Waals surface area contributed by atoms with E-state index >= 15 is 0 Å². The van der Waals surface area contributed by atoms with Gasteiger partial charge in [-0.05, 0) is 65.8 Å². The van der Waals surface area contributed by atoms with Gasteiger partial charge in [-0.2, -0.15) is 0 Å². The zero-order valence-corrected chi connectivity index (χ0v) is 18.2. The van der Waals surface area contributed by atoms with Gasteiger partial charge >= 0.3 is 0 Å². The van der Waals surface area contributed by atoms with E-state index in [-0.39, 0.29) is 6.04 Å². The van der Waals surface area contributed by atoms with Crippen LogP contribution < -0.4 is 10.4 Å². The highest BCUT2D eigenvalue weighted by molar-refractivity contribution is 5.90. The molecule has 2 heterocycles. The van der Waals surface area contributed by atoms with E-state index in [1.807, 2.05) is 24.4 Å². The Bertz CT molecular complexity index is 1300. The van der Waals surface area contributed by atoms with Crippen LogP contribution in [0.2, 0.25) is 0 Å². The van der Waals surface area contributed by atoms with Crippen LogP contribution in [-0.2, 0) is 17.6 Å². The third kappa shape index (κ3) is 4.38. The van der Waals surface area contributed by atoms with Crippen molar-refractivity contribution in [2.75, 3.05) is 11.4 Å². The molecule has 0 saturated carbocycles. The number of aromatic nitrogens is 2. The summed E-state index contributed by atoms with van der Waals surface area (Å²) in [6.45, 7) is 0.862. The molecule has 1 unspecified atom stereocenters. The molecule has 0 saturated heterocycles. The van der Waals surface area contributed by atoms with Crippen molar-refractivity contribution in [3.8, 4) is 0 Å². The monoisotopic (exact) mass is 438 g/mol. The van der Waals surface area contributed by atoms with Crippen molar-refractivity contribution in [3.05, 3.63) is 101 Å². The van der Waals surface area contributed by atoms with Crippen molar-refractivity contribution in [2.45, 2.75) is 25.3 Å². The number of aromatic amines is 1. The lowest BCUT2D eigenvalue weighted by Gasteiger charge is -2.31. The van der Waals surface area contributed by atoms with Crippen molar-refractivity contribution in [1.82, 2.24) is 15.4 Å². The Morgan fingerprint density at radius 1 is 1.18 bits per heavy atom. The van der Waals surface area contributed by atoms with Crippen LogP contribution >= 0.6 is 0 Å². The molecule has 2 aromatic carbocycles. The number of pyridine rings is 1. The maximum absolute atomic E-state index is 11.3. The van der Waals surface area contributed by atoms with Crippen LogP contribution in [0.3, 0.4) is 0 Å². The second kappa shape index (κ2) is 9.30. The summed E-state index contributed by atoms with van der Waals surface area (Å²) in [4.78, 5) is 21.8. The minimum absolute atomic E-state index is 0.249. The van der Waals surface area contributed by atoms with Gasteiger partial charge in [-0.25, -0.2) is 10.5 Å². The fraction of sp³-hybridized carbons (Fsp3) is 0.185. The molecule has 6 heteroatoms. The van der Waals surface area contributed by atoms with E-state index in [4.69, 9.17) is 5.21 Å². The van der Waals surface area contributed by atoms with E-state index in [1.54, 1.807) is 11.6 Å². The molecular formula is C27H26N4O2. The quantitative estimate of drug-likeness (QED) is 0.220. The van der Waals surface area contributed by atoms with Gasteiger partial charge in [0, 0.05) is 35.9 Å². The minimum atomic E-state index is -0.535. The molecule has 1 atom stereocenters. The Morgan fingerprint density at radius 3 is 2.91 bits per heavy atom. The lowest BCUT2D eigenvalue weighted by molar-refractivity contribution is -0.124. The summed E-state index contributed by atoms with van der Waals surface area (Å²) in [6, 6.07) is 21.0. The van der Waals surface area contributed by atoms with Crippen LogP contribution in [-0.4, -0.2) is 27.6 Å². The molecule has 1 aliphatic rings. The molecule has 0 fully saturated rings. The number of rotatable bonds is 7. The smallest absolute Gasteiger partial charge is 0.267 e. The fourth-order valence-corrected chi connectivity index (χ4v) is 4.78. The van der Waals surface area contributed by atoms with E-state index in [2.05, 4.69) is 63.5 Å². The molecule has 6 nitrogen and oxygen atoms in total. The number of anilines is 1. The fourth-order valence-electron chi connectivity index (χ4n) is 4.78. The molecule has 4 aromatic rings. The first-order valence-corrected chi connectivity index (χ1v) is 11.2. The van der Waals surface area contributed by atoms with Gasteiger partial charge in [0.05, 0.1) is 6.04 Å². The molecular weight excluding hydrogens is 412 g/mol. The van der Waals surface area contributed by atoms with Gasteiger partial charge in [0.15, 0.2) is 0 Å². The third-order valence-electron chi connectivity index (χ3n) is 6.37. The van der Waals surface area contributed by atoms with Crippen molar-refractivity contribution in [3.63, 3.8) is 0 Å². The Kier molecular flexibility index (Phi) is 5.91. The van der Waals surface area contributed by atoms with Crippen LogP contribution in [0.25, 0.3) is 17.0 Å². The van der Waals surface area contributed by atoms with Crippen molar-refractivity contribution < 1.29 is 10.0 Å². The molecule has 1 aliphatic carbocycles. The lowest BCUT2D eigenvalue weighted by atomic mass is 10.0. The highest BCUT2D eigenvalue weighted by Gasteiger charge is 2.29. The summed E-state index contributed by atoms with van der Waals surface area (Å²) >= 11 is 0. The molecule has 3 N–H and O–H groups in total. The number of hydroxylamine groups is 1. The first-order valence-electron chi connectivity index (χ1n) is 11.2. The van der Waals surface area contributed by atoms with Crippen LogP contribution in [0.5, 0.6) is 0 Å². The summed E-state index contributed by atoms with van der Waals surface area (Å²) < 4.78 is 0. The molecule has 0 spiro atoms. The number of amides is 1. The summed E-state index contributed by atoms with van der Waals surface area (Å²) in [7, 11) is 0. The van der Waals surface area contributed by atoms with Crippen LogP contribution in [0, 0.1) is 0 Å². The Morgan fingerprint density at radius 2 is 2.06 bits per heavy atom. The Hall–Kier alpha value is -3.90. The number of fused-ring (bicyclic) bond motifs is 2. The summed E-state index contributed by atoms with van der Waals surface area (Å²) in [6.07, 6.45) is 9.93. The molecule has 166 valence electrons. The number of carbonyl (C=O) groups excluding carboxylic acids is 1. The standard InChI is InChI=1S/C27H26N4O2/c32-27(30-33)13-9-19-8-11-23-20(17-19)10-12-25(23)31(26-7-3-4-15-28-26)16-14-21-18-29-24-6-2-1-5-22(21)24/h1-9,11,13,15,17-18,25,29,33H,10,12,14,16H2,(H,30,32). The average molecular weight is 439 g/mol. The maximum atomic E-state index is 11.3. The second-order valence-corrected chi connectivity index (χ2v) is 8.31. The molecule has 0 aliphatic heterocycles. The van der Waals surface area contributed by atoms with Gasteiger partial charge in [-0.3, -0.25) is 10.0 Å². The number of hydrogen-bond acceptors (Lipinski definition) is 4. The molecule has 5 rings (SSSR count). The van der Waals surface area contributed by atoms with Crippen molar-refractivity contribution in [2.24, 2.45) is 0 Å². The lowest BCUT2D eigenvalue weighted by Crippen LogP contribution is -2.30. The zero-order valence-electron chi connectivity index (χ0n) is 18.2. The highest BCUT2D eigenvalue weighted by atomic mass is 16.5. The average Bonchev–Trinajstić information content (AvgIpc) is 3.47. The minimum Gasteiger partial charge on any atom is -0.361 e. The van der Waals surface area contributed by atoms with Gasteiger partial charge in [0.25, 0.3) is 5.91 Å². The van der Waals surface area contributed by atoms with Crippen LogP contribution in [0.4, 0.5) is 5.82 Å². The number of nitrogens with zero attached hydrogens (tertiary/aromatic N) is 2. The molecule has 1 amide bonds. The van der Waals surface area contributed by atoms with Gasteiger partial charge in [0.2, 0.25) is 0 Å². The van der Waals surface area contributed by atoms with E-state index < -0.39 is 5.91 Å². The van der Waals surface area contributed by atoms with Gasteiger partial charge < -0.3 is 9.88 Å². The van der Waals surface area contributed by atoms with E-state index in [1.165, 1.54) is 33.7 Å². The van der Waals surface area contributed by atoms with E-state index in [0.717, 1.165) is 37.2 Å². The van der Waals surface area contributed by atoms with E-state index in [9.17, 15) is 4.79 Å². The second-order valence-electron chi connectivity index (χ2n) is 8.31. The normalized spacial score (nSPS) is 15.1. The largest absolute Gasteiger partial charge is 0.361 e. The predicted molar refractivity (Wildman–Crippen MR) is 130 cm³/mol. The number of para-hydroxylation sites is 1. The number of H-pyrrole nitrogens is 1. The highest BCUT2D eigenvalue weighted by Crippen LogP contribution is 2.38. The first kappa shape index (κ1) is 21.0. The van der Waals surface area contributed by atoms with Crippen LogP contribution in [0.15, 0.2) is 79.1 Å². The molecule has 0 bridgehead atoms. The zero-order chi connectivity index (χ0) is 22.6. The van der Waals surface area contributed by atoms with Crippen LogP contribution in [0.1, 0.15) is 34.7 Å². The number of nitrogens with one attached hydrogen (secondary N) is 2. The summed E-state index contributed by atoms with van der Waals surface area (Å²) in [5, 5.41) is 9.96. The molecule has 33 heavy (non-hydrogen) atoms. The number of aryl methyl sites for hydroxylation is 1. The SMILES string of the molecule is O=C(C=Cc1ccc2c(c1)CCC2N(CCc1c[nH]c2ccccc12)c1ccccn1)NO. The third-order valence-corrected chi connectivity index (χ3v) is 6.37. The van der Waals surface area contributed by atoms with Crippen molar-refractivity contribution in [1.29, 1.82) is 0 Å². The topological polar surface area (TPSA) is 81.2 Å². The first-order chi connectivity index (χ1) is 16.2. The Balaban J connectivity index is 1.41.